The molecule has 1 aliphatic rings. The van der Waals surface area contributed by atoms with E-state index in [1.165, 1.54) is 13.0 Å². The molecule has 0 fully saturated rings. The molecule has 0 atom stereocenters. The molecule has 0 spiro atoms. The first-order chi connectivity index (χ1) is 6.41. The molecule has 14 heavy (non-hydrogen) atoms. The summed E-state index contributed by atoms with van der Waals surface area (Å²) in [6.45, 7) is 1.53. The van der Waals surface area contributed by atoms with Crippen LogP contribution in [0.15, 0.2) is 6.07 Å². The van der Waals surface area contributed by atoms with E-state index in [0.717, 1.165) is 0 Å². The molecule has 0 radical (unpaired) electrons. The van der Waals surface area contributed by atoms with Crippen LogP contribution in [0.3, 0.4) is 0 Å². The Morgan fingerprint density at radius 2 is 1.93 bits per heavy atom. The highest BCUT2D eigenvalue weighted by Crippen LogP contribution is 2.47. The van der Waals surface area contributed by atoms with Crippen LogP contribution in [-0.2, 0) is 0 Å². The molecule has 2 nitrogen and oxygen atoms in total. The number of fused-ring (bicyclic) bond motifs is 1. The van der Waals surface area contributed by atoms with Crippen LogP contribution in [0, 0.1) is 6.92 Å². The van der Waals surface area contributed by atoms with E-state index in [0.29, 0.717) is 5.56 Å². The van der Waals surface area contributed by atoms with Gasteiger partial charge in [0, 0.05) is 11.6 Å². The number of ether oxygens (including phenoxy) is 2. The molecule has 2 rings (SSSR count). The van der Waals surface area contributed by atoms with Crippen molar-refractivity contribution < 1.29 is 18.3 Å². The van der Waals surface area contributed by atoms with Gasteiger partial charge in [-0.3, -0.25) is 0 Å². The Morgan fingerprint density at radius 3 is 2.57 bits per heavy atom. The Hall–Kier alpha value is -0.740. The molecule has 1 aromatic carbocycles. The van der Waals surface area contributed by atoms with Crippen molar-refractivity contribution in [3.05, 3.63) is 21.7 Å². The summed E-state index contributed by atoms with van der Waals surface area (Å²) in [5, 5.41) is 0.343. The molecule has 1 aromatic rings. The molecule has 0 N–H and O–H groups in total. The number of alkyl halides is 2. The molecular weight excluding hydrogens is 237 g/mol. The molecule has 0 saturated carbocycles. The van der Waals surface area contributed by atoms with E-state index in [2.05, 4.69) is 9.47 Å². The lowest BCUT2D eigenvalue weighted by atomic mass is 10.2. The average molecular weight is 241 g/mol. The van der Waals surface area contributed by atoms with E-state index in [9.17, 15) is 8.78 Å². The monoisotopic (exact) mass is 240 g/mol. The van der Waals surface area contributed by atoms with Crippen LogP contribution in [0.2, 0.25) is 10.0 Å². The van der Waals surface area contributed by atoms with Crippen molar-refractivity contribution in [2.45, 2.75) is 13.2 Å². The summed E-state index contributed by atoms with van der Waals surface area (Å²) in [4.78, 5) is 0. The third-order valence-corrected chi connectivity index (χ3v) is 2.69. The van der Waals surface area contributed by atoms with Crippen molar-refractivity contribution >= 4 is 23.2 Å². The summed E-state index contributed by atoms with van der Waals surface area (Å²) >= 11 is 11.4. The standard InChI is InChI=1S/C8H4Cl2F2O2/c1-3-6(10)4(9)2-5-7(3)14-8(11,12)13-5/h2H,1H3. The number of halogens is 4. The summed E-state index contributed by atoms with van der Waals surface area (Å²) in [5.74, 6) is -0.161. The number of hydrogen-bond acceptors (Lipinski definition) is 2. The number of benzene rings is 1. The second kappa shape index (κ2) is 2.87. The molecule has 76 valence electrons. The van der Waals surface area contributed by atoms with Gasteiger partial charge in [-0.05, 0) is 6.92 Å². The fourth-order valence-electron chi connectivity index (χ4n) is 1.18. The first-order valence-corrected chi connectivity index (χ1v) is 4.41. The van der Waals surface area contributed by atoms with Gasteiger partial charge in [-0.1, -0.05) is 23.2 Å². The Balaban J connectivity index is 2.59. The Bertz CT molecular complexity index is 407. The van der Waals surface area contributed by atoms with Gasteiger partial charge >= 0.3 is 6.29 Å². The van der Waals surface area contributed by atoms with E-state index < -0.39 is 6.29 Å². The average Bonchev–Trinajstić information content (AvgIpc) is 2.37. The van der Waals surface area contributed by atoms with Crippen LogP contribution < -0.4 is 9.47 Å². The van der Waals surface area contributed by atoms with Gasteiger partial charge in [-0.2, -0.15) is 0 Å². The van der Waals surface area contributed by atoms with E-state index in [1.807, 2.05) is 0 Å². The summed E-state index contributed by atoms with van der Waals surface area (Å²) in [6.07, 6.45) is -3.64. The molecular formula is C8H4Cl2F2O2. The van der Waals surface area contributed by atoms with Crippen molar-refractivity contribution in [1.82, 2.24) is 0 Å². The molecule has 0 amide bonds. The van der Waals surface area contributed by atoms with Gasteiger partial charge in [-0.15, -0.1) is 8.78 Å². The van der Waals surface area contributed by atoms with E-state index in [4.69, 9.17) is 23.2 Å². The van der Waals surface area contributed by atoms with Crippen LogP contribution in [0.5, 0.6) is 11.5 Å². The van der Waals surface area contributed by atoms with Crippen LogP contribution >= 0.6 is 23.2 Å². The number of hydrogen-bond donors (Lipinski definition) is 0. The Labute approximate surface area is 88.3 Å². The van der Waals surface area contributed by atoms with E-state index >= 15 is 0 Å². The Kier molecular flexibility index (Phi) is 2.01. The maximum Gasteiger partial charge on any atom is 0.586 e. The zero-order chi connectivity index (χ0) is 10.5. The normalized spacial score (nSPS) is 17.2. The van der Waals surface area contributed by atoms with Crippen LogP contribution in [0.1, 0.15) is 5.56 Å². The molecule has 6 heteroatoms. The van der Waals surface area contributed by atoms with Crippen molar-refractivity contribution in [2.75, 3.05) is 0 Å². The van der Waals surface area contributed by atoms with Gasteiger partial charge in [0.2, 0.25) is 0 Å². The highest BCUT2D eigenvalue weighted by molar-refractivity contribution is 6.42. The van der Waals surface area contributed by atoms with Crippen LogP contribution in [0.25, 0.3) is 0 Å². The minimum Gasteiger partial charge on any atom is -0.395 e. The first kappa shape index (κ1) is 9.80. The van der Waals surface area contributed by atoms with E-state index in [1.54, 1.807) is 0 Å². The lowest BCUT2D eigenvalue weighted by molar-refractivity contribution is -0.286. The minimum absolute atomic E-state index is 0.0654. The molecule has 0 aliphatic carbocycles. The maximum atomic E-state index is 12.6. The molecule has 0 aromatic heterocycles. The molecule has 1 heterocycles. The molecule has 1 aliphatic heterocycles. The van der Waals surface area contributed by atoms with Gasteiger partial charge in [0.1, 0.15) is 0 Å². The first-order valence-electron chi connectivity index (χ1n) is 3.65. The largest absolute Gasteiger partial charge is 0.586 e. The highest BCUT2D eigenvalue weighted by atomic mass is 35.5. The zero-order valence-corrected chi connectivity index (χ0v) is 8.42. The van der Waals surface area contributed by atoms with Crippen molar-refractivity contribution in [2.24, 2.45) is 0 Å². The molecule has 0 bridgehead atoms. The van der Waals surface area contributed by atoms with Gasteiger partial charge in [-0.25, -0.2) is 0 Å². The maximum absolute atomic E-state index is 12.6. The quantitative estimate of drug-likeness (QED) is 0.690. The summed E-state index contributed by atoms with van der Waals surface area (Å²) in [7, 11) is 0. The number of rotatable bonds is 0. The van der Waals surface area contributed by atoms with Crippen LogP contribution in [-0.4, -0.2) is 6.29 Å². The lowest BCUT2D eigenvalue weighted by Crippen LogP contribution is -2.26. The Morgan fingerprint density at radius 1 is 1.29 bits per heavy atom. The third kappa shape index (κ3) is 1.38. The summed E-state index contributed by atoms with van der Waals surface area (Å²) in [6, 6.07) is 1.20. The molecule has 0 unspecified atom stereocenters. The fraction of sp³-hybridized carbons (Fsp3) is 0.250. The van der Waals surface area contributed by atoms with Crippen molar-refractivity contribution in [3.63, 3.8) is 0 Å². The van der Waals surface area contributed by atoms with E-state index in [-0.39, 0.29) is 21.5 Å². The lowest BCUT2D eigenvalue weighted by Gasteiger charge is -2.05. The van der Waals surface area contributed by atoms with Gasteiger partial charge in [0.25, 0.3) is 0 Å². The zero-order valence-electron chi connectivity index (χ0n) is 6.91. The summed E-state index contributed by atoms with van der Waals surface area (Å²) < 4.78 is 33.8. The smallest absolute Gasteiger partial charge is 0.395 e. The summed E-state index contributed by atoms with van der Waals surface area (Å²) in [5.41, 5.74) is 0.339. The van der Waals surface area contributed by atoms with Crippen molar-refractivity contribution in [3.8, 4) is 11.5 Å². The third-order valence-electron chi connectivity index (χ3n) is 1.81. The predicted octanol–water partition coefficient (Wildman–Crippen LogP) is 3.62. The SMILES string of the molecule is Cc1c(Cl)c(Cl)cc2c1OC(F)(F)O2. The highest BCUT2D eigenvalue weighted by Gasteiger charge is 2.44. The van der Waals surface area contributed by atoms with Gasteiger partial charge in [0.05, 0.1) is 10.0 Å². The minimum atomic E-state index is -3.64. The predicted molar refractivity (Wildman–Crippen MR) is 47.4 cm³/mol. The van der Waals surface area contributed by atoms with Gasteiger partial charge in [0.15, 0.2) is 11.5 Å². The van der Waals surface area contributed by atoms with Crippen LogP contribution in [0.4, 0.5) is 8.78 Å². The fourth-order valence-corrected chi connectivity index (χ4v) is 1.56. The topological polar surface area (TPSA) is 18.5 Å². The molecule has 0 saturated heterocycles. The second-order valence-corrected chi connectivity index (χ2v) is 3.58. The van der Waals surface area contributed by atoms with Crippen molar-refractivity contribution in [1.29, 1.82) is 0 Å². The van der Waals surface area contributed by atoms with Gasteiger partial charge < -0.3 is 9.47 Å². The second-order valence-electron chi connectivity index (χ2n) is 2.79.